The summed E-state index contributed by atoms with van der Waals surface area (Å²) in [4.78, 5) is 44.2. The zero-order valence-electron chi connectivity index (χ0n) is 76.9. The second-order valence-electron chi connectivity index (χ2n) is 34.3. The van der Waals surface area contributed by atoms with E-state index in [2.05, 4.69) is 198 Å². The summed E-state index contributed by atoms with van der Waals surface area (Å²) in [6.45, 7) is 8.90. The Labute approximate surface area is 765 Å². The molecule has 0 saturated carbocycles. The standard InChI is InChI=1S/C116H136N8O4/c1-5-9-13-17-21-25-29-33-37-41-45-49-53-65-89-69-57-73-93(85-89)125-101-81-61-77-97-105(101)113-117-109(97)122-114-107-99(79-63-83-103(107)127-95-75-59-71-91(87-95)67-55-51-47-43-39-35-31-27-23-19-15-11-7-3)111(119-114)124-116-108-100(80-64-84-104(108)128-96-76-60-72-92(88-96)68-56-52-48-44-40-36-32-28-24-20-16-12-8-4)112(120-116)123-115-106-98(110(118-115)121-113)78-62-82-102(106)126-94-74-58-70-90(86-94)66-54-50-46-42-38-34-30-26-22-18-14-10-6-2/h13-20,25-32,57-64,69-88H,5-12,21-24,33-56,65-68H2,1-4H3/b17-13+,18-14+,19-15+,20-16+,29-25+,30-26+,31-27+,32-28+,121-110?,121-113?,122-109?,122-114?,123-112?,123-115?,124-111?,124-116?. The number of hydrogen-bond acceptors (Lipinski definition) is 12. The van der Waals surface area contributed by atoms with Gasteiger partial charge in [-0.3, -0.25) is 0 Å². The molecular formula is C116H136N8O4. The quantitative estimate of drug-likeness (QED) is 0.0277. The van der Waals surface area contributed by atoms with Gasteiger partial charge in [-0.1, -0.05) is 325 Å². The van der Waals surface area contributed by atoms with Gasteiger partial charge in [0.05, 0.1) is 22.3 Å². The van der Waals surface area contributed by atoms with Crippen molar-refractivity contribution in [3.05, 3.63) is 334 Å². The Morgan fingerprint density at radius 3 is 0.617 bits per heavy atom. The number of benzene rings is 8. The zero-order valence-corrected chi connectivity index (χ0v) is 76.9. The van der Waals surface area contributed by atoms with Crippen LogP contribution in [0, 0.1) is 0 Å². The van der Waals surface area contributed by atoms with Crippen LogP contribution in [0.15, 0.2) is 307 Å². The number of allylic oxidation sites excluding steroid dienone is 16. The van der Waals surface area contributed by atoms with E-state index < -0.39 is 0 Å². The van der Waals surface area contributed by atoms with Crippen LogP contribution < -0.4 is 18.9 Å². The summed E-state index contributed by atoms with van der Waals surface area (Å²) < 4.78 is 28.5. The number of ether oxygens (including phenoxy) is 4. The molecule has 5 heterocycles. The van der Waals surface area contributed by atoms with Crippen LogP contribution in [0.3, 0.4) is 0 Å². The number of aryl methyl sites for hydroxylation is 4. The molecule has 0 N–H and O–H groups in total. The molecule has 8 bridgehead atoms. The summed E-state index contributed by atoms with van der Waals surface area (Å²) in [6, 6.07) is 58.1. The molecule has 0 aliphatic carbocycles. The molecule has 0 radical (unpaired) electrons. The van der Waals surface area contributed by atoms with E-state index in [1.54, 1.807) is 0 Å². The van der Waals surface area contributed by atoms with Gasteiger partial charge >= 0.3 is 0 Å². The number of rotatable bonds is 56. The highest BCUT2D eigenvalue weighted by atomic mass is 16.5. The predicted octanol–water partition coefficient (Wildman–Crippen LogP) is 32.7. The average Bonchev–Trinajstić information content (AvgIpc) is 1.59. The van der Waals surface area contributed by atoms with Gasteiger partial charge in [-0.2, -0.15) is 0 Å². The van der Waals surface area contributed by atoms with Crippen molar-refractivity contribution in [1.29, 1.82) is 0 Å². The van der Waals surface area contributed by atoms with E-state index in [-0.39, 0.29) is 0 Å². The Balaban J connectivity index is 0.827. The van der Waals surface area contributed by atoms with Gasteiger partial charge in [0.25, 0.3) is 0 Å². The third-order valence-corrected chi connectivity index (χ3v) is 23.8. The van der Waals surface area contributed by atoms with Crippen molar-refractivity contribution in [3.8, 4) is 46.0 Å². The Morgan fingerprint density at radius 2 is 0.391 bits per heavy atom. The first kappa shape index (κ1) is 93.9. The Bertz CT molecular complexity index is 4780. The van der Waals surface area contributed by atoms with Gasteiger partial charge < -0.3 is 18.9 Å². The molecule has 128 heavy (non-hydrogen) atoms. The molecule has 5 aliphatic rings. The van der Waals surface area contributed by atoms with E-state index in [0.717, 1.165) is 128 Å². The van der Waals surface area contributed by atoms with E-state index in [9.17, 15) is 0 Å². The first-order valence-electron chi connectivity index (χ1n) is 48.9. The smallest absolute Gasteiger partial charge is 0.168 e. The lowest BCUT2D eigenvalue weighted by Crippen LogP contribution is -2.05. The maximum Gasteiger partial charge on any atom is 0.168 e. The molecule has 13 rings (SSSR count). The van der Waals surface area contributed by atoms with Crippen molar-refractivity contribution in [2.75, 3.05) is 0 Å². The van der Waals surface area contributed by atoms with Crippen LogP contribution in [0.25, 0.3) is 0 Å². The lowest BCUT2D eigenvalue weighted by atomic mass is 10.0. The van der Waals surface area contributed by atoms with Crippen LogP contribution in [0.1, 0.15) is 326 Å². The van der Waals surface area contributed by atoms with E-state index in [0.29, 0.717) is 137 Å². The summed E-state index contributed by atoms with van der Waals surface area (Å²) in [5, 5.41) is 0. The van der Waals surface area contributed by atoms with Gasteiger partial charge in [0.2, 0.25) is 0 Å². The fourth-order valence-corrected chi connectivity index (χ4v) is 16.8. The highest BCUT2D eigenvalue weighted by Gasteiger charge is 2.36. The molecule has 0 amide bonds. The van der Waals surface area contributed by atoms with Gasteiger partial charge in [0, 0.05) is 22.3 Å². The van der Waals surface area contributed by atoms with Crippen LogP contribution >= 0.6 is 0 Å². The lowest BCUT2D eigenvalue weighted by Gasteiger charge is -2.13. The van der Waals surface area contributed by atoms with Crippen LogP contribution in [-0.4, -0.2) is 46.7 Å². The van der Waals surface area contributed by atoms with E-state index >= 15 is 0 Å². The largest absolute Gasteiger partial charge is 0.457 e. The Morgan fingerprint density at radius 1 is 0.195 bits per heavy atom. The summed E-state index contributed by atoms with van der Waals surface area (Å²) in [5.41, 5.74) is 10.4. The molecule has 5 aliphatic heterocycles. The number of aliphatic imine (C=N–C) groups is 8. The molecule has 0 saturated heterocycles. The Kier molecular flexibility index (Phi) is 39.0. The number of nitrogens with zero attached hydrogens (tertiary/aromatic N) is 8. The number of amidine groups is 8. The molecule has 12 heteroatoms. The maximum atomic E-state index is 7.12. The summed E-state index contributed by atoms with van der Waals surface area (Å²) >= 11 is 0. The first-order chi connectivity index (χ1) is 63.4. The van der Waals surface area contributed by atoms with Crippen LogP contribution in [0.2, 0.25) is 0 Å². The summed E-state index contributed by atoms with van der Waals surface area (Å²) in [7, 11) is 0. The first-order valence-corrected chi connectivity index (χ1v) is 48.9. The second-order valence-corrected chi connectivity index (χ2v) is 34.3. The van der Waals surface area contributed by atoms with Gasteiger partial charge in [0.15, 0.2) is 46.7 Å². The van der Waals surface area contributed by atoms with Crippen molar-refractivity contribution in [3.63, 3.8) is 0 Å². The zero-order chi connectivity index (χ0) is 88.0. The Hall–Kier alpha value is -11.8. The molecular weight excluding hydrogens is 1570 g/mol. The van der Waals surface area contributed by atoms with Crippen molar-refractivity contribution in [2.24, 2.45) is 39.9 Å². The number of hydrogen-bond donors (Lipinski definition) is 0. The molecule has 0 fully saturated rings. The number of fused-ring (bicyclic) bond motifs is 16. The van der Waals surface area contributed by atoms with Crippen molar-refractivity contribution >= 4 is 46.7 Å². The SMILES string of the molecule is CCC/C=C/C/C=C/CCCCCCCc1cccc(Oc2cccc3c2C2=NC3=NC3=NC(=NC4=NC(=NC5=NC(=N2)c2cccc(Oc6cccc(CCCCCCC/C=C/C/C=C/CCC)c6)c25)c2cccc(Oc5cccc(CCCCCCC/C=C/C/C=C/CCC)c5)c24)c2cccc(Oc4cccc(CCCCCCC/C=C/C/C=C/CCC)c4)c23)c1. The molecule has 0 aromatic heterocycles. The van der Waals surface area contributed by atoms with Crippen LogP contribution in [0.5, 0.6) is 46.0 Å². The second kappa shape index (κ2) is 53.1. The molecule has 0 atom stereocenters. The van der Waals surface area contributed by atoms with Gasteiger partial charge in [-0.15, -0.1) is 0 Å². The van der Waals surface area contributed by atoms with E-state index in [1.807, 2.05) is 97.1 Å². The molecule has 8 aromatic carbocycles. The average molecular weight is 1710 g/mol. The minimum Gasteiger partial charge on any atom is -0.457 e. The summed E-state index contributed by atoms with van der Waals surface area (Å²) in [6.07, 6.45) is 82.5. The third kappa shape index (κ3) is 29.1. The van der Waals surface area contributed by atoms with Crippen LogP contribution in [-0.2, 0) is 25.7 Å². The molecule has 664 valence electrons. The monoisotopic (exact) mass is 1710 g/mol. The molecule has 0 unspecified atom stereocenters. The lowest BCUT2D eigenvalue weighted by molar-refractivity contribution is 0.480. The fourth-order valence-electron chi connectivity index (χ4n) is 16.8. The predicted molar refractivity (Wildman–Crippen MR) is 541 cm³/mol. The van der Waals surface area contributed by atoms with Crippen molar-refractivity contribution in [2.45, 2.75) is 285 Å². The normalized spacial score (nSPS) is 13.9. The van der Waals surface area contributed by atoms with Crippen molar-refractivity contribution in [1.82, 2.24) is 0 Å². The molecule has 0 spiro atoms. The van der Waals surface area contributed by atoms with E-state index in [1.165, 1.54) is 151 Å². The highest BCUT2D eigenvalue weighted by molar-refractivity contribution is 6.36. The summed E-state index contributed by atoms with van der Waals surface area (Å²) in [5.74, 6) is 8.14. The van der Waals surface area contributed by atoms with Gasteiger partial charge in [-0.25, -0.2) is 39.9 Å². The van der Waals surface area contributed by atoms with Gasteiger partial charge in [-0.05, 0) is 249 Å². The topological polar surface area (TPSA) is 136 Å². The third-order valence-electron chi connectivity index (χ3n) is 23.8. The maximum absolute atomic E-state index is 7.12. The minimum absolute atomic E-state index is 0.364. The fraction of sp³-hybridized carbons (Fsp3) is 0.379. The minimum atomic E-state index is 0.364. The highest BCUT2D eigenvalue weighted by Crippen LogP contribution is 2.42. The van der Waals surface area contributed by atoms with E-state index in [4.69, 9.17) is 58.9 Å². The van der Waals surface area contributed by atoms with Gasteiger partial charge in [0.1, 0.15) is 46.0 Å². The van der Waals surface area contributed by atoms with Crippen LogP contribution in [0.4, 0.5) is 0 Å². The number of unbranched alkanes of at least 4 members (excludes halogenated alkanes) is 24. The molecule has 12 nitrogen and oxygen atoms in total. The van der Waals surface area contributed by atoms with Crippen molar-refractivity contribution < 1.29 is 18.9 Å². The molecule has 8 aromatic rings.